The molecule has 0 spiro atoms. The van der Waals surface area contributed by atoms with Gasteiger partial charge in [-0.2, -0.15) is 0 Å². The molecule has 1 aromatic heterocycles. The lowest BCUT2D eigenvalue weighted by Crippen LogP contribution is -2.57. The summed E-state index contributed by atoms with van der Waals surface area (Å²) in [5.74, 6) is 1.12. The Morgan fingerprint density at radius 3 is 2.31 bits per heavy atom. The monoisotopic (exact) mass is 402 g/mol. The van der Waals surface area contributed by atoms with Crippen molar-refractivity contribution in [3.63, 3.8) is 0 Å². The average molecular weight is 403 g/mol. The van der Waals surface area contributed by atoms with Crippen LogP contribution in [0.2, 0.25) is 0 Å². The molecule has 0 amide bonds. The first-order valence-electron chi connectivity index (χ1n) is 11.6. The zero-order chi connectivity index (χ0) is 20.9. The molecule has 2 aliphatic heterocycles. The van der Waals surface area contributed by atoms with Crippen molar-refractivity contribution in [2.24, 2.45) is 0 Å². The second kappa shape index (κ2) is 10.2. The lowest BCUT2D eigenvalue weighted by molar-refractivity contribution is 0.0505. The maximum atomic E-state index is 5.99. The molecular formula is C24H42N4O. The van der Waals surface area contributed by atoms with E-state index in [1.54, 1.807) is 0 Å². The predicted octanol–water partition coefficient (Wildman–Crippen LogP) is 3.78. The Morgan fingerprint density at radius 1 is 1.00 bits per heavy atom. The van der Waals surface area contributed by atoms with E-state index in [0.717, 1.165) is 45.2 Å². The Labute approximate surface area is 178 Å². The van der Waals surface area contributed by atoms with E-state index in [4.69, 9.17) is 4.74 Å². The molecule has 3 heterocycles. The van der Waals surface area contributed by atoms with Crippen LogP contribution in [0.3, 0.4) is 0 Å². The van der Waals surface area contributed by atoms with Gasteiger partial charge in [0.15, 0.2) is 0 Å². The second-order valence-corrected chi connectivity index (χ2v) is 10.0. The number of rotatable bonds is 7. The van der Waals surface area contributed by atoms with Crippen LogP contribution in [0.5, 0.6) is 0 Å². The largest absolute Gasteiger partial charge is 0.379 e. The summed E-state index contributed by atoms with van der Waals surface area (Å²) in [7, 11) is 0. The first-order chi connectivity index (χ1) is 13.8. The van der Waals surface area contributed by atoms with E-state index in [0.29, 0.717) is 12.1 Å². The molecule has 3 rings (SSSR count). The van der Waals surface area contributed by atoms with Crippen molar-refractivity contribution in [1.29, 1.82) is 0 Å². The van der Waals surface area contributed by atoms with Crippen molar-refractivity contribution in [2.75, 3.05) is 57.4 Å². The number of aromatic nitrogens is 1. The number of hydrogen-bond acceptors (Lipinski definition) is 5. The van der Waals surface area contributed by atoms with Crippen LogP contribution >= 0.6 is 0 Å². The summed E-state index contributed by atoms with van der Waals surface area (Å²) >= 11 is 0. The van der Waals surface area contributed by atoms with Gasteiger partial charge in [0.1, 0.15) is 5.82 Å². The molecule has 2 atom stereocenters. The molecule has 164 valence electrons. The van der Waals surface area contributed by atoms with Gasteiger partial charge in [0, 0.05) is 44.5 Å². The lowest BCUT2D eigenvalue weighted by Gasteiger charge is -2.45. The number of piperazine rings is 1. The van der Waals surface area contributed by atoms with Crippen molar-refractivity contribution < 1.29 is 4.74 Å². The molecule has 29 heavy (non-hydrogen) atoms. The Kier molecular flexibility index (Phi) is 7.94. The third-order valence-electron chi connectivity index (χ3n) is 6.53. The number of nitrogens with zero attached hydrogens (tertiary/aromatic N) is 4. The summed E-state index contributed by atoms with van der Waals surface area (Å²) in [5.41, 5.74) is 1.51. The van der Waals surface area contributed by atoms with Crippen LogP contribution in [-0.2, 0) is 10.2 Å². The summed E-state index contributed by atoms with van der Waals surface area (Å²) in [4.78, 5) is 12.3. The minimum Gasteiger partial charge on any atom is -0.379 e. The summed E-state index contributed by atoms with van der Waals surface area (Å²) in [5, 5.41) is 0. The minimum atomic E-state index is 0.155. The fourth-order valence-electron chi connectivity index (χ4n) is 4.69. The predicted molar refractivity (Wildman–Crippen MR) is 122 cm³/mol. The summed E-state index contributed by atoms with van der Waals surface area (Å²) in [6.45, 7) is 19.8. The summed E-state index contributed by atoms with van der Waals surface area (Å²) in [6, 6.07) is 5.43. The molecule has 2 fully saturated rings. The quantitative estimate of drug-likeness (QED) is 0.648. The molecule has 2 aliphatic rings. The number of anilines is 1. The van der Waals surface area contributed by atoms with Crippen molar-refractivity contribution in [3.8, 4) is 0 Å². The Morgan fingerprint density at radius 2 is 1.66 bits per heavy atom. The zero-order valence-corrected chi connectivity index (χ0v) is 19.4. The van der Waals surface area contributed by atoms with E-state index < -0.39 is 0 Å². The number of ether oxygens (including phenoxy) is 1. The van der Waals surface area contributed by atoms with Crippen molar-refractivity contribution in [1.82, 2.24) is 14.8 Å². The van der Waals surface area contributed by atoms with Gasteiger partial charge >= 0.3 is 0 Å². The zero-order valence-electron chi connectivity index (χ0n) is 19.4. The molecule has 0 N–H and O–H groups in total. The third-order valence-corrected chi connectivity index (χ3v) is 6.53. The van der Waals surface area contributed by atoms with Crippen molar-refractivity contribution >= 4 is 5.82 Å². The molecule has 0 unspecified atom stereocenters. The molecule has 0 radical (unpaired) electrons. The Hall–Kier alpha value is -1.17. The van der Waals surface area contributed by atoms with E-state index in [9.17, 15) is 0 Å². The van der Waals surface area contributed by atoms with Gasteiger partial charge in [-0.25, -0.2) is 4.98 Å². The molecule has 0 bridgehead atoms. The molecule has 1 aromatic rings. The van der Waals surface area contributed by atoms with Gasteiger partial charge in [-0.15, -0.1) is 0 Å². The van der Waals surface area contributed by atoms with Crippen molar-refractivity contribution in [3.05, 3.63) is 23.9 Å². The van der Waals surface area contributed by atoms with Gasteiger partial charge in [0.25, 0.3) is 0 Å². The van der Waals surface area contributed by atoms with Crippen molar-refractivity contribution in [2.45, 2.75) is 71.4 Å². The van der Waals surface area contributed by atoms with Crippen LogP contribution in [-0.4, -0.2) is 79.3 Å². The van der Waals surface area contributed by atoms with Crippen LogP contribution in [0, 0.1) is 0 Å². The topological polar surface area (TPSA) is 31.8 Å². The highest BCUT2D eigenvalue weighted by Crippen LogP contribution is 2.27. The maximum absolute atomic E-state index is 5.99. The number of pyridine rings is 1. The average Bonchev–Trinajstić information content (AvgIpc) is 2.69. The molecule has 0 saturated carbocycles. The lowest BCUT2D eigenvalue weighted by atomic mass is 9.87. The fourth-order valence-corrected chi connectivity index (χ4v) is 4.69. The first kappa shape index (κ1) is 22.5. The smallest absolute Gasteiger partial charge is 0.128 e. The first-order valence-corrected chi connectivity index (χ1v) is 11.6. The van der Waals surface area contributed by atoms with E-state index in [2.05, 4.69) is 66.4 Å². The van der Waals surface area contributed by atoms with Gasteiger partial charge < -0.3 is 14.5 Å². The standard InChI is InChI=1S/C24H42N4O/c1-20-18-27(23-17-22(9-10-25-23)24(3,4)5)19-21(2)28(20)14-16-29-15-13-26-11-7-6-8-12-26/h9-10,17,20-21H,6-8,11-16,18-19H2,1-5H3/t20-,21+. The molecule has 5 nitrogen and oxygen atoms in total. The van der Waals surface area contributed by atoms with Gasteiger partial charge in [0.05, 0.1) is 13.2 Å². The van der Waals surface area contributed by atoms with E-state index >= 15 is 0 Å². The second-order valence-electron chi connectivity index (χ2n) is 10.0. The Bertz CT molecular complexity index is 612. The van der Waals surface area contributed by atoms with Gasteiger partial charge in [-0.3, -0.25) is 4.90 Å². The van der Waals surface area contributed by atoms with Crippen LogP contribution in [0.15, 0.2) is 18.3 Å². The SMILES string of the molecule is C[C@@H]1CN(c2cc(C(C)(C)C)ccn2)C[C@H](C)N1CCOCCN1CCCCC1. The molecule has 0 aliphatic carbocycles. The maximum Gasteiger partial charge on any atom is 0.128 e. The van der Waals surface area contributed by atoms with Crippen LogP contribution in [0.25, 0.3) is 0 Å². The number of piperidine rings is 1. The highest BCUT2D eigenvalue weighted by Gasteiger charge is 2.30. The fraction of sp³-hybridized carbons (Fsp3) is 0.792. The number of hydrogen-bond donors (Lipinski definition) is 0. The van der Waals surface area contributed by atoms with Gasteiger partial charge in [0.2, 0.25) is 0 Å². The molecule has 0 aromatic carbocycles. The third kappa shape index (κ3) is 6.40. The van der Waals surface area contributed by atoms with Gasteiger partial charge in [-0.05, 0) is 62.9 Å². The number of likely N-dealkylation sites (tertiary alicyclic amines) is 1. The Balaban J connectivity index is 1.45. The minimum absolute atomic E-state index is 0.155. The van der Waals surface area contributed by atoms with Gasteiger partial charge in [-0.1, -0.05) is 27.2 Å². The summed E-state index contributed by atoms with van der Waals surface area (Å²) < 4.78 is 5.99. The highest BCUT2D eigenvalue weighted by atomic mass is 16.5. The van der Waals surface area contributed by atoms with Crippen LogP contribution < -0.4 is 4.90 Å². The van der Waals surface area contributed by atoms with Crippen LogP contribution in [0.1, 0.15) is 59.4 Å². The summed E-state index contributed by atoms with van der Waals surface area (Å²) in [6.07, 6.45) is 6.07. The normalized spacial score (nSPS) is 24.8. The van der Waals surface area contributed by atoms with E-state index in [-0.39, 0.29) is 5.41 Å². The van der Waals surface area contributed by atoms with E-state index in [1.807, 2.05) is 6.20 Å². The molecule has 5 heteroatoms. The highest BCUT2D eigenvalue weighted by molar-refractivity contribution is 5.44. The molecular weight excluding hydrogens is 360 g/mol. The van der Waals surface area contributed by atoms with E-state index in [1.165, 1.54) is 37.9 Å². The van der Waals surface area contributed by atoms with Crippen LogP contribution in [0.4, 0.5) is 5.82 Å². The molecule has 2 saturated heterocycles.